The lowest BCUT2D eigenvalue weighted by molar-refractivity contribution is -0.205. The molecule has 0 aliphatic carbocycles. The van der Waals surface area contributed by atoms with E-state index in [9.17, 15) is 28.8 Å². The first-order chi connectivity index (χ1) is 12.7. The molecule has 1 aliphatic heterocycles. The summed E-state index contributed by atoms with van der Waals surface area (Å²) in [4.78, 5) is 0. The molecule has 1 aromatic carbocycles. The Balaban J connectivity index is 2.12. The minimum atomic E-state index is -4.82. The summed E-state index contributed by atoms with van der Waals surface area (Å²) in [5, 5.41) is 42.4. The monoisotopic (exact) mass is 423 g/mol. The van der Waals surface area contributed by atoms with Crippen LogP contribution in [0.4, 0.5) is 0 Å². The van der Waals surface area contributed by atoms with Gasteiger partial charge < -0.3 is 25.2 Å². The van der Waals surface area contributed by atoms with Crippen molar-refractivity contribution in [1.82, 2.24) is 0 Å². The standard InChI is InChI=1S/C15H21NO9S2/c17-8-10-12(18)13(19)14(20)15(24-10)26-11(16-25-27(21,22)23)7-6-9-4-2-1-3-5-9/h1-5,10,12-15,17-20H,6-8H2,(H,21,22,23)/t10-,12-,13+,14-,15+/m0/s1. The van der Waals surface area contributed by atoms with Crippen molar-refractivity contribution in [2.75, 3.05) is 6.61 Å². The number of thioether (sulfide) groups is 1. The number of aryl methyl sites for hydroxylation is 1. The zero-order chi connectivity index (χ0) is 20.0. The highest BCUT2D eigenvalue weighted by Gasteiger charge is 2.44. The van der Waals surface area contributed by atoms with Gasteiger partial charge in [-0.25, -0.2) is 4.28 Å². The first-order valence-electron chi connectivity index (χ1n) is 7.95. The zero-order valence-electron chi connectivity index (χ0n) is 14.0. The molecule has 10 nitrogen and oxygen atoms in total. The fraction of sp³-hybridized carbons (Fsp3) is 0.533. The molecule has 0 bridgehead atoms. The van der Waals surface area contributed by atoms with E-state index in [1.165, 1.54) is 0 Å². The molecule has 1 heterocycles. The first kappa shape index (κ1) is 22.0. The van der Waals surface area contributed by atoms with Crippen molar-refractivity contribution in [1.29, 1.82) is 0 Å². The predicted molar refractivity (Wildman–Crippen MR) is 96.2 cm³/mol. The normalized spacial score (nSPS) is 29.5. The average molecular weight is 423 g/mol. The number of aliphatic hydroxyl groups is 4. The summed E-state index contributed by atoms with van der Waals surface area (Å²) < 4.78 is 39.7. The van der Waals surface area contributed by atoms with Crippen molar-refractivity contribution >= 4 is 27.2 Å². The van der Waals surface area contributed by atoms with Crippen molar-refractivity contribution in [2.24, 2.45) is 5.16 Å². The Morgan fingerprint density at radius 1 is 1.15 bits per heavy atom. The van der Waals surface area contributed by atoms with Gasteiger partial charge in [0.1, 0.15) is 34.9 Å². The minimum Gasteiger partial charge on any atom is -0.394 e. The van der Waals surface area contributed by atoms with Crippen molar-refractivity contribution in [3.63, 3.8) is 0 Å². The minimum absolute atomic E-state index is 0.0563. The highest BCUT2D eigenvalue weighted by atomic mass is 32.3. The summed E-state index contributed by atoms with van der Waals surface area (Å²) >= 11 is 0.754. The third-order valence-corrected chi connectivity index (χ3v) is 5.24. The fourth-order valence-corrected chi connectivity index (χ4v) is 3.71. The zero-order valence-corrected chi connectivity index (χ0v) is 15.7. The molecule has 0 saturated carbocycles. The van der Waals surface area contributed by atoms with Gasteiger partial charge in [0, 0.05) is 6.42 Å². The molecule has 5 atom stereocenters. The van der Waals surface area contributed by atoms with E-state index in [4.69, 9.17) is 9.29 Å². The molecule has 27 heavy (non-hydrogen) atoms. The maximum atomic E-state index is 10.8. The van der Waals surface area contributed by atoms with Crippen molar-refractivity contribution in [2.45, 2.75) is 42.7 Å². The lowest BCUT2D eigenvalue weighted by Gasteiger charge is -2.39. The van der Waals surface area contributed by atoms with Crippen LogP contribution in [-0.2, 0) is 25.8 Å². The highest BCUT2D eigenvalue weighted by Crippen LogP contribution is 2.30. The Hall–Kier alpha value is -1.25. The second-order valence-electron chi connectivity index (χ2n) is 5.79. The van der Waals surface area contributed by atoms with Crippen molar-refractivity contribution in [3.8, 4) is 0 Å². The van der Waals surface area contributed by atoms with Gasteiger partial charge in [-0.3, -0.25) is 4.55 Å². The van der Waals surface area contributed by atoms with E-state index in [1.807, 2.05) is 30.3 Å². The van der Waals surface area contributed by atoms with Crippen LogP contribution in [0.3, 0.4) is 0 Å². The average Bonchev–Trinajstić information content (AvgIpc) is 2.64. The van der Waals surface area contributed by atoms with E-state index in [1.54, 1.807) is 0 Å². The SMILES string of the molecule is O=S(=O)(O)ON=C(CCc1ccccc1)S[C@H]1O[C@@H](CO)[C@H](O)[C@@H](O)[C@@H]1O. The van der Waals surface area contributed by atoms with E-state index in [0.29, 0.717) is 6.42 Å². The fourth-order valence-electron chi connectivity index (χ4n) is 2.41. The Morgan fingerprint density at radius 3 is 2.41 bits per heavy atom. The number of nitrogens with zero attached hydrogens (tertiary/aromatic N) is 1. The summed E-state index contributed by atoms with van der Waals surface area (Å²) in [6.07, 6.45) is -5.11. The molecule has 2 rings (SSSR count). The Kier molecular flexibility index (Phi) is 8.00. The molecule has 1 saturated heterocycles. The number of ether oxygens (including phenoxy) is 1. The van der Waals surface area contributed by atoms with Gasteiger partial charge >= 0.3 is 10.4 Å². The second-order valence-corrected chi connectivity index (χ2v) is 7.96. The predicted octanol–water partition coefficient (Wildman–Crippen LogP) is -0.715. The largest absolute Gasteiger partial charge is 0.466 e. The molecular weight excluding hydrogens is 402 g/mol. The number of benzene rings is 1. The number of aliphatic hydroxyl groups excluding tert-OH is 4. The Bertz CT molecular complexity index is 726. The molecule has 0 radical (unpaired) electrons. The molecule has 0 aromatic heterocycles. The molecule has 1 aromatic rings. The highest BCUT2D eigenvalue weighted by molar-refractivity contribution is 8.14. The van der Waals surface area contributed by atoms with Crippen LogP contribution in [0.1, 0.15) is 12.0 Å². The van der Waals surface area contributed by atoms with Crippen LogP contribution in [0.2, 0.25) is 0 Å². The Labute approximate surface area is 160 Å². The summed E-state index contributed by atoms with van der Waals surface area (Å²) in [7, 11) is -4.82. The van der Waals surface area contributed by atoms with Gasteiger partial charge in [0.25, 0.3) is 0 Å². The van der Waals surface area contributed by atoms with E-state index in [2.05, 4.69) is 9.44 Å². The van der Waals surface area contributed by atoms with Gasteiger partial charge in [-0.05, 0) is 12.0 Å². The third kappa shape index (κ3) is 6.69. The van der Waals surface area contributed by atoms with E-state index >= 15 is 0 Å². The van der Waals surface area contributed by atoms with Gasteiger partial charge in [-0.2, -0.15) is 8.42 Å². The lowest BCUT2D eigenvalue weighted by atomic mass is 10.0. The molecule has 0 amide bonds. The first-order valence-corrected chi connectivity index (χ1v) is 10.2. The quantitative estimate of drug-likeness (QED) is 0.163. The number of oxime groups is 1. The van der Waals surface area contributed by atoms with E-state index < -0.39 is 46.9 Å². The van der Waals surface area contributed by atoms with Gasteiger partial charge in [0.15, 0.2) is 0 Å². The van der Waals surface area contributed by atoms with Crippen LogP contribution in [0, 0.1) is 0 Å². The molecular formula is C15H21NO9S2. The maximum absolute atomic E-state index is 10.8. The van der Waals surface area contributed by atoms with Gasteiger partial charge in [-0.15, -0.1) is 0 Å². The van der Waals surface area contributed by atoms with Crippen LogP contribution in [-0.4, -0.2) is 74.9 Å². The van der Waals surface area contributed by atoms with E-state index in [0.717, 1.165) is 17.3 Å². The van der Waals surface area contributed by atoms with Crippen LogP contribution >= 0.6 is 11.8 Å². The van der Waals surface area contributed by atoms with Gasteiger partial charge in [0.05, 0.1) is 6.61 Å². The van der Waals surface area contributed by atoms with Crippen LogP contribution < -0.4 is 0 Å². The molecule has 0 spiro atoms. The molecule has 12 heteroatoms. The van der Waals surface area contributed by atoms with Crippen molar-refractivity contribution in [3.05, 3.63) is 35.9 Å². The van der Waals surface area contributed by atoms with Gasteiger partial charge in [-0.1, -0.05) is 47.2 Å². The molecule has 0 unspecified atom stereocenters. The molecule has 1 fully saturated rings. The van der Waals surface area contributed by atoms with Crippen molar-refractivity contribution < 1.29 is 42.4 Å². The third-order valence-electron chi connectivity index (χ3n) is 3.80. The number of rotatable bonds is 7. The molecule has 152 valence electrons. The summed E-state index contributed by atoms with van der Waals surface area (Å²) in [6.45, 7) is -0.597. The van der Waals surface area contributed by atoms with Gasteiger partial charge in [0.2, 0.25) is 0 Å². The summed E-state index contributed by atoms with van der Waals surface area (Å²) in [6, 6.07) is 9.18. The van der Waals surface area contributed by atoms with E-state index in [-0.39, 0.29) is 11.5 Å². The Morgan fingerprint density at radius 2 is 1.81 bits per heavy atom. The maximum Gasteiger partial charge on any atom is 0.466 e. The lowest BCUT2D eigenvalue weighted by Crippen LogP contribution is -2.57. The van der Waals surface area contributed by atoms with Crippen LogP contribution in [0.5, 0.6) is 0 Å². The molecule has 1 aliphatic rings. The second kappa shape index (κ2) is 9.80. The molecule has 5 N–H and O–H groups in total. The summed E-state index contributed by atoms with van der Waals surface area (Å²) in [5.41, 5.74) is -0.230. The van der Waals surface area contributed by atoms with Crippen LogP contribution in [0.25, 0.3) is 0 Å². The topological polar surface area (TPSA) is 166 Å². The summed E-state index contributed by atoms with van der Waals surface area (Å²) in [5.74, 6) is 0. The van der Waals surface area contributed by atoms with Crippen LogP contribution in [0.15, 0.2) is 35.5 Å². The number of hydrogen-bond donors (Lipinski definition) is 5. The smallest absolute Gasteiger partial charge is 0.394 e. The number of hydrogen-bond acceptors (Lipinski definition) is 10.